The molecular formula is C24H28ClN5O4. The molecule has 0 bridgehead atoms. The number of fused-ring (bicyclic) bond motifs is 2. The minimum Gasteiger partial charge on any atom is -0.486 e. The smallest absolute Gasteiger partial charge is 0.213 e. The maximum absolute atomic E-state index is 10.8. The molecule has 0 amide bonds. The van der Waals surface area contributed by atoms with Gasteiger partial charge < -0.3 is 29.5 Å². The Morgan fingerprint density at radius 3 is 2.88 bits per heavy atom. The average molecular weight is 486 g/mol. The number of aliphatic hydroxyl groups excluding tert-OH is 1. The lowest BCUT2D eigenvalue weighted by Crippen LogP contribution is -2.52. The minimum atomic E-state index is -0.478. The van der Waals surface area contributed by atoms with Crippen LogP contribution in [-0.2, 0) is 13.0 Å². The van der Waals surface area contributed by atoms with E-state index < -0.39 is 6.10 Å². The molecule has 5 rings (SSSR count). The van der Waals surface area contributed by atoms with Crippen molar-refractivity contribution in [1.82, 2.24) is 25.2 Å². The van der Waals surface area contributed by atoms with Crippen LogP contribution in [0.3, 0.4) is 0 Å². The number of hydrogen-bond donors (Lipinski definition) is 2. The number of methoxy groups -OCH3 is 1. The Morgan fingerprint density at radius 1 is 1.21 bits per heavy atom. The molecule has 0 aromatic carbocycles. The maximum atomic E-state index is 10.8. The molecule has 2 aliphatic rings. The number of hydrogen-bond acceptors (Lipinski definition) is 9. The Morgan fingerprint density at radius 2 is 2.06 bits per heavy atom. The second kappa shape index (κ2) is 10.3. The van der Waals surface area contributed by atoms with Crippen LogP contribution in [0, 0.1) is 0 Å². The summed E-state index contributed by atoms with van der Waals surface area (Å²) in [5.74, 6) is 1.94. The number of aliphatic hydroxyl groups is 1. The predicted octanol–water partition coefficient (Wildman–Crippen LogP) is 2.23. The first-order valence-corrected chi connectivity index (χ1v) is 11.8. The molecule has 1 saturated heterocycles. The molecular weight excluding hydrogens is 458 g/mol. The van der Waals surface area contributed by atoms with E-state index in [4.69, 9.17) is 25.8 Å². The molecule has 5 heterocycles. The molecule has 0 unspecified atom stereocenters. The van der Waals surface area contributed by atoms with Crippen LogP contribution in [0.5, 0.6) is 17.4 Å². The van der Waals surface area contributed by atoms with Crippen molar-refractivity contribution in [2.24, 2.45) is 0 Å². The van der Waals surface area contributed by atoms with Gasteiger partial charge in [0.2, 0.25) is 5.88 Å². The number of pyridine rings is 3. The summed E-state index contributed by atoms with van der Waals surface area (Å²) in [5.41, 5.74) is 3.36. The molecule has 0 spiro atoms. The number of halogens is 1. The number of piperidine rings is 1. The van der Waals surface area contributed by atoms with E-state index >= 15 is 0 Å². The second-order valence-electron chi connectivity index (χ2n) is 8.52. The van der Waals surface area contributed by atoms with Gasteiger partial charge in [-0.3, -0.25) is 9.97 Å². The third-order valence-corrected chi connectivity index (χ3v) is 6.65. The highest BCUT2D eigenvalue weighted by atomic mass is 35.5. The number of nitrogens with zero attached hydrogens (tertiary/aromatic N) is 4. The van der Waals surface area contributed by atoms with Crippen LogP contribution in [0.15, 0.2) is 30.6 Å². The molecule has 3 aromatic heterocycles. The van der Waals surface area contributed by atoms with Gasteiger partial charge in [-0.15, -0.1) is 0 Å². The lowest BCUT2D eigenvalue weighted by molar-refractivity contribution is 0.0403. The van der Waals surface area contributed by atoms with E-state index in [0.29, 0.717) is 49.4 Å². The third kappa shape index (κ3) is 5.02. The molecule has 9 nitrogen and oxygen atoms in total. The summed E-state index contributed by atoms with van der Waals surface area (Å²) >= 11 is 6.47. The van der Waals surface area contributed by atoms with Gasteiger partial charge in [0, 0.05) is 49.6 Å². The number of aromatic nitrogens is 3. The molecule has 2 aliphatic heterocycles. The van der Waals surface area contributed by atoms with Crippen molar-refractivity contribution in [3.63, 3.8) is 0 Å². The standard InChI is InChI=1S/C24H28ClN5O4/c1-32-23-3-2-19-24(29-23)16(17(25)12-28-19)4-6-30-7-5-18(20(31)14-30)27-11-15-10-21-22(13-26-15)34-9-8-33-21/h2-3,10,12-13,18,20,27,31H,4-9,11,14H2,1H3/t18-,20-/m0/s1. The zero-order valence-corrected chi connectivity index (χ0v) is 19.8. The van der Waals surface area contributed by atoms with Crippen LogP contribution >= 0.6 is 11.6 Å². The molecule has 0 saturated carbocycles. The zero-order chi connectivity index (χ0) is 23.5. The van der Waals surface area contributed by atoms with E-state index in [9.17, 15) is 5.11 Å². The van der Waals surface area contributed by atoms with Gasteiger partial charge in [0.25, 0.3) is 0 Å². The highest BCUT2D eigenvalue weighted by Gasteiger charge is 2.27. The Kier molecular flexibility index (Phi) is 6.96. The van der Waals surface area contributed by atoms with Gasteiger partial charge in [0.05, 0.1) is 41.2 Å². The Labute approximate surface area is 203 Å². The van der Waals surface area contributed by atoms with Gasteiger partial charge in [0.1, 0.15) is 13.2 Å². The molecule has 0 radical (unpaired) electrons. The highest BCUT2D eigenvalue weighted by Crippen LogP contribution is 2.29. The lowest BCUT2D eigenvalue weighted by atomic mass is 10.0. The van der Waals surface area contributed by atoms with E-state index in [2.05, 4.69) is 25.2 Å². The van der Waals surface area contributed by atoms with Crippen molar-refractivity contribution in [2.45, 2.75) is 31.5 Å². The van der Waals surface area contributed by atoms with Gasteiger partial charge in [-0.1, -0.05) is 11.6 Å². The van der Waals surface area contributed by atoms with Crippen LogP contribution in [0.2, 0.25) is 5.02 Å². The number of likely N-dealkylation sites (tertiary alicyclic amines) is 1. The Bertz CT molecular complexity index is 1160. The highest BCUT2D eigenvalue weighted by molar-refractivity contribution is 6.32. The summed E-state index contributed by atoms with van der Waals surface area (Å²) in [6, 6.07) is 5.58. The number of rotatable bonds is 7. The fourth-order valence-electron chi connectivity index (χ4n) is 4.46. The van der Waals surface area contributed by atoms with E-state index in [1.54, 1.807) is 25.6 Å². The fraction of sp³-hybridized carbons (Fsp3) is 0.458. The normalized spacial score (nSPS) is 20.4. The maximum Gasteiger partial charge on any atom is 0.213 e. The van der Waals surface area contributed by atoms with E-state index in [1.165, 1.54) is 0 Å². The number of nitrogens with one attached hydrogen (secondary N) is 1. The molecule has 180 valence electrons. The molecule has 2 atom stereocenters. The Hall–Kier alpha value is -2.72. The van der Waals surface area contributed by atoms with E-state index in [0.717, 1.165) is 47.6 Å². The third-order valence-electron chi connectivity index (χ3n) is 6.32. The summed E-state index contributed by atoms with van der Waals surface area (Å²) in [4.78, 5) is 15.6. The van der Waals surface area contributed by atoms with Gasteiger partial charge in [0.15, 0.2) is 11.5 Å². The minimum absolute atomic E-state index is 0.00234. The van der Waals surface area contributed by atoms with Crippen molar-refractivity contribution in [2.75, 3.05) is 40.0 Å². The summed E-state index contributed by atoms with van der Waals surface area (Å²) in [6.07, 6.45) is 4.44. The van der Waals surface area contributed by atoms with E-state index in [-0.39, 0.29) is 6.04 Å². The molecule has 34 heavy (non-hydrogen) atoms. The van der Waals surface area contributed by atoms with Crippen molar-refractivity contribution in [1.29, 1.82) is 0 Å². The summed E-state index contributed by atoms with van der Waals surface area (Å²) in [6.45, 7) is 3.89. The van der Waals surface area contributed by atoms with Gasteiger partial charge in [-0.05, 0) is 25.5 Å². The van der Waals surface area contributed by atoms with Gasteiger partial charge in [-0.25, -0.2) is 4.98 Å². The van der Waals surface area contributed by atoms with Gasteiger partial charge >= 0.3 is 0 Å². The SMILES string of the molecule is COc1ccc2ncc(Cl)c(CCN3CC[C@H](NCc4cc5c(cn4)OCCO5)[C@@H](O)C3)c2n1. The second-order valence-corrected chi connectivity index (χ2v) is 8.93. The number of ether oxygens (including phenoxy) is 3. The van der Waals surface area contributed by atoms with Gasteiger partial charge in [-0.2, -0.15) is 0 Å². The Balaban J connectivity index is 1.16. The zero-order valence-electron chi connectivity index (χ0n) is 19.0. The fourth-order valence-corrected chi connectivity index (χ4v) is 4.69. The monoisotopic (exact) mass is 485 g/mol. The molecule has 2 N–H and O–H groups in total. The lowest BCUT2D eigenvalue weighted by Gasteiger charge is -2.36. The largest absolute Gasteiger partial charge is 0.486 e. The molecule has 3 aromatic rings. The molecule has 1 fully saturated rings. The first kappa shape index (κ1) is 23.0. The molecule has 10 heteroatoms. The first-order valence-electron chi connectivity index (χ1n) is 11.5. The quantitative estimate of drug-likeness (QED) is 0.521. The average Bonchev–Trinajstić information content (AvgIpc) is 2.87. The van der Waals surface area contributed by atoms with Crippen LogP contribution in [0.25, 0.3) is 11.0 Å². The number of β-amino-alcohol motifs (C(OH)–C–C–N with tert-alkyl or cyclic N) is 1. The van der Waals surface area contributed by atoms with Crippen LogP contribution in [-0.4, -0.2) is 77.1 Å². The van der Waals surface area contributed by atoms with Crippen LogP contribution in [0.1, 0.15) is 17.7 Å². The van der Waals surface area contributed by atoms with Crippen LogP contribution in [0.4, 0.5) is 0 Å². The van der Waals surface area contributed by atoms with E-state index in [1.807, 2.05) is 12.1 Å². The summed E-state index contributed by atoms with van der Waals surface area (Å²) in [5, 5.41) is 14.8. The van der Waals surface area contributed by atoms with Crippen molar-refractivity contribution >= 4 is 22.6 Å². The first-order chi connectivity index (χ1) is 16.6. The van der Waals surface area contributed by atoms with Crippen LogP contribution < -0.4 is 19.5 Å². The predicted molar refractivity (Wildman–Crippen MR) is 128 cm³/mol. The summed E-state index contributed by atoms with van der Waals surface area (Å²) in [7, 11) is 1.59. The topological polar surface area (TPSA) is 102 Å². The van der Waals surface area contributed by atoms with Crippen molar-refractivity contribution in [3.05, 3.63) is 46.9 Å². The summed E-state index contributed by atoms with van der Waals surface area (Å²) < 4.78 is 16.4. The molecule has 0 aliphatic carbocycles. The van der Waals surface area contributed by atoms with Crippen molar-refractivity contribution < 1.29 is 19.3 Å². The van der Waals surface area contributed by atoms with Crippen molar-refractivity contribution in [3.8, 4) is 17.4 Å².